The van der Waals surface area contributed by atoms with Crippen molar-refractivity contribution in [1.82, 2.24) is 0 Å². The van der Waals surface area contributed by atoms with Gasteiger partial charge in [-0.05, 0) is 6.42 Å². The summed E-state index contributed by atoms with van der Waals surface area (Å²) in [6.45, 7) is 1.62. The molecule has 90 valence electrons. The highest BCUT2D eigenvalue weighted by Gasteiger charge is 2.00. The molecule has 0 unspecified atom stereocenters. The van der Waals surface area contributed by atoms with Crippen molar-refractivity contribution < 1.29 is 14.2 Å². The molecule has 1 rings (SSSR count). The lowest BCUT2D eigenvalue weighted by Gasteiger charge is -2.10. The number of hydrogen-bond acceptors (Lipinski definition) is 4. The smallest absolute Gasteiger partial charge is 0.124 e. The van der Waals surface area contributed by atoms with Crippen LogP contribution < -0.4 is 14.8 Å². The van der Waals surface area contributed by atoms with Crippen molar-refractivity contribution in [3.63, 3.8) is 0 Å². The van der Waals surface area contributed by atoms with E-state index in [0.29, 0.717) is 0 Å². The van der Waals surface area contributed by atoms with Crippen molar-refractivity contribution in [2.75, 3.05) is 39.8 Å². The average molecular weight is 225 g/mol. The summed E-state index contributed by atoms with van der Waals surface area (Å²) < 4.78 is 15.3. The molecule has 1 aromatic carbocycles. The lowest BCUT2D eigenvalue weighted by Crippen LogP contribution is -2.04. The molecule has 0 radical (unpaired) electrons. The van der Waals surface area contributed by atoms with Gasteiger partial charge in [-0.15, -0.1) is 0 Å². The molecule has 0 saturated carbocycles. The van der Waals surface area contributed by atoms with Crippen LogP contribution in [0, 0.1) is 0 Å². The van der Waals surface area contributed by atoms with Crippen molar-refractivity contribution in [2.45, 2.75) is 6.42 Å². The van der Waals surface area contributed by atoms with Crippen LogP contribution in [0.25, 0.3) is 0 Å². The normalized spacial score (nSPS) is 9.94. The van der Waals surface area contributed by atoms with Crippen LogP contribution in [0.2, 0.25) is 0 Å². The summed E-state index contributed by atoms with van der Waals surface area (Å²) in [5.41, 5.74) is 0.993. The number of hydrogen-bond donors (Lipinski definition) is 1. The number of methoxy groups -OCH3 is 3. The number of anilines is 1. The topological polar surface area (TPSA) is 39.7 Å². The number of rotatable bonds is 7. The van der Waals surface area contributed by atoms with E-state index < -0.39 is 0 Å². The van der Waals surface area contributed by atoms with Gasteiger partial charge in [0.1, 0.15) is 11.5 Å². The van der Waals surface area contributed by atoms with Crippen molar-refractivity contribution in [1.29, 1.82) is 0 Å². The molecule has 0 aliphatic carbocycles. The molecule has 0 fully saturated rings. The molecule has 4 heteroatoms. The molecule has 0 aliphatic heterocycles. The first-order valence-corrected chi connectivity index (χ1v) is 5.26. The van der Waals surface area contributed by atoms with Crippen molar-refractivity contribution in [2.24, 2.45) is 0 Å². The second-order valence-electron chi connectivity index (χ2n) is 3.37. The van der Waals surface area contributed by atoms with Crippen LogP contribution in [0.3, 0.4) is 0 Å². The third kappa shape index (κ3) is 3.98. The van der Waals surface area contributed by atoms with E-state index in [2.05, 4.69) is 5.32 Å². The quantitative estimate of drug-likeness (QED) is 0.722. The summed E-state index contributed by atoms with van der Waals surface area (Å²) in [5, 5.41) is 3.29. The van der Waals surface area contributed by atoms with Crippen LogP contribution in [0.15, 0.2) is 18.2 Å². The Balaban J connectivity index is 2.57. The van der Waals surface area contributed by atoms with Crippen molar-refractivity contribution in [3.8, 4) is 11.5 Å². The maximum Gasteiger partial charge on any atom is 0.124 e. The number of nitrogens with one attached hydrogen (secondary N) is 1. The number of ether oxygens (including phenoxy) is 3. The van der Waals surface area contributed by atoms with Gasteiger partial charge in [0, 0.05) is 44.1 Å². The minimum atomic E-state index is 0.758. The van der Waals surface area contributed by atoms with Crippen LogP contribution in [0.4, 0.5) is 5.69 Å². The highest BCUT2D eigenvalue weighted by Crippen LogP contribution is 2.25. The summed E-state index contributed by atoms with van der Waals surface area (Å²) in [7, 11) is 4.99. The Bertz CT molecular complexity index is 293. The fraction of sp³-hybridized carbons (Fsp3) is 0.500. The molecule has 0 spiro atoms. The van der Waals surface area contributed by atoms with E-state index in [-0.39, 0.29) is 0 Å². The summed E-state index contributed by atoms with van der Waals surface area (Å²) in [4.78, 5) is 0. The number of benzene rings is 1. The Kier molecular flexibility index (Phi) is 5.50. The van der Waals surface area contributed by atoms with Gasteiger partial charge in [0.25, 0.3) is 0 Å². The van der Waals surface area contributed by atoms with Gasteiger partial charge < -0.3 is 19.5 Å². The van der Waals surface area contributed by atoms with Gasteiger partial charge in [0.2, 0.25) is 0 Å². The molecule has 16 heavy (non-hydrogen) atoms. The predicted octanol–water partition coefficient (Wildman–Crippen LogP) is 2.15. The molecule has 0 aliphatic rings. The fourth-order valence-corrected chi connectivity index (χ4v) is 1.36. The van der Waals surface area contributed by atoms with Gasteiger partial charge in [-0.1, -0.05) is 0 Å². The summed E-state index contributed by atoms with van der Waals surface area (Å²) in [6.07, 6.45) is 0.968. The third-order valence-corrected chi connectivity index (χ3v) is 2.21. The van der Waals surface area contributed by atoms with E-state index in [4.69, 9.17) is 14.2 Å². The molecular formula is C12H19NO3. The molecule has 0 saturated heterocycles. The van der Waals surface area contributed by atoms with Crippen LogP contribution in [-0.4, -0.2) is 34.5 Å². The zero-order valence-corrected chi connectivity index (χ0v) is 10.1. The Hall–Kier alpha value is -1.42. The maximum absolute atomic E-state index is 5.18. The lowest BCUT2D eigenvalue weighted by atomic mass is 10.2. The van der Waals surface area contributed by atoms with E-state index in [0.717, 1.165) is 36.8 Å². The molecule has 0 heterocycles. The first-order valence-electron chi connectivity index (χ1n) is 5.26. The van der Waals surface area contributed by atoms with E-state index in [1.165, 1.54) is 0 Å². The van der Waals surface area contributed by atoms with Gasteiger partial charge in [-0.25, -0.2) is 0 Å². The van der Waals surface area contributed by atoms with Crippen LogP contribution >= 0.6 is 0 Å². The largest absolute Gasteiger partial charge is 0.497 e. The second kappa shape index (κ2) is 6.95. The Labute approximate surface area is 96.5 Å². The first-order chi connectivity index (χ1) is 7.80. The van der Waals surface area contributed by atoms with Crippen molar-refractivity contribution in [3.05, 3.63) is 18.2 Å². The van der Waals surface area contributed by atoms with Gasteiger partial charge in [-0.2, -0.15) is 0 Å². The zero-order chi connectivity index (χ0) is 11.8. The minimum absolute atomic E-state index is 0.758. The van der Waals surface area contributed by atoms with E-state index >= 15 is 0 Å². The van der Waals surface area contributed by atoms with Crippen LogP contribution in [0.1, 0.15) is 6.42 Å². The Morgan fingerprint density at radius 2 is 1.62 bits per heavy atom. The molecule has 0 bridgehead atoms. The van der Waals surface area contributed by atoms with E-state index in [1.54, 1.807) is 21.3 Å². The average Bonchev–Trinajstić information content (AvgIpc) is 2.34. The minimum Gasteiger partial charge on any atom is -0.497 e. The Morgan fingerprint density at radius 3 is 2.12 bits per heavy atom. The molecular weight excluding hydrogens is 206 g/mol. The monoisotopic (exact) mass is 225 g/mol. The SMILES string of the molecule is COCCCNc1cc(OC)cc(OC)c1. The van der Waals surface area contributed by atoms with Gasteiger partial charge in [0.15, 0.2) is 0 Å². The molecule has 0 atom stereocenters. The molecule has 1 N–H and O–H groups in total. The highest BCUT2D eigenvalue weighted by atomic mass is 16.5. The standard InChI is InChI=1S/C12H19NO3/c1-14-6-4-5-13-10-7-11(15-2)9-12(8-10)16-3/h7-9,13H,4-6H2,1-3H3. The third-order valence-electron chi connectivity index (χ3n) is 2.21. The molecule has 1 aromatic rings. The molecule has 0 aromatic heterocycles. The lowest BCUT2D eigenvalue weighted by molar-refractivity contribution is 0.198. The summed E-state index contributed by atoms with van der Waals surface area (Å²) >= 11 is 0. The van der Waals surface area contributed by atoms with Gasteiger partial charge >= 0.3 is 0 Å². The molecule has 0 amide bonds. The van der Waals surface area contributed by atoms with Crippen molar-refractivity contribution >= 4 is 5.69 Å². The second-order valence-corrected chi connectivity index (χ2v) is 3.37. The van der Waals surface area contributed by atoms with Crippen LogP contribution in [-0.2, 0) is 4.74 Å². The Morgan fingerprint density at radius 1 is 1.00 bits per heavy atom. The predicted molar refractivity (Wildman–Crippen MR) is 64.5 cm³/mol. The van der Waals surface area contributed by atoms with E-state index in [1.807, 2.05) is 18.2 Å². The van der Waals surface area contributed by atoms with Gasteiger partial charge in [-0.3, -0.25) is 0 Å². The van der Waals surface area contributed by atoms with Crippen LogP contribution in [0.5, 0.6) is 11.5 Å². The summed E-state index contributed by atoms with van der Waals surface area (Å²) in [5.74, 6) is 1.57. The van der Waals surface area contributed by atoms with E-state index in [9.17, 15) is 0 Å². The van der Waals surface area contributed by atoms with Gasteiger partial charge in [0.05, 0.1) is 14.2 Å². The molecule has 4 nitrogen and oxygen atoms in total. The first kappa shape index (κ1) is 12.6. The zero-order valence-electron chi connectivity index (χ0n) is 10.1. The highest BCUT2D eigenvalue weighted by molar-refractivity contribution is 5.53. The fourth-order valence-electron chi connectivity index (χ4n) is 1.36. The maximum atomic E-state index is 5.18. The summed E-state index contributed by atoms with van der Waals surface area (Å²) in [6, 6.07) is 5.73.